The Hall–Kier alpha value is -3.04. The summed E-state index contributed by atoms with van der Waals surface area (Å²) in [5, 5.41) is 17.7. The summed E-state index contributed by atoms with van der Waals surface area (Å²) in [6.45, 7) is 3.53. The number of fused-ring (bicyclic) bond motifs is 1. The van der Waals surface area contributed by atoms with Gasteiger partial charge in [0, 0.05) is 29.7 Å². The Morgan fingerprint density at radius 1 is 1.42 bits per heavy atom. The minimum absolute atomic E-state index is 0. The Labute approximate surface area is 235 Å². The van der Waals surface area contributed by atoms with Crippen LogP contribution in [0.3, 0.4) is 0 Å². The first-order valence-corrected chi connectivity index (χ1v) is 11.9. The Morgan fingerprint density at radius 3 is 2.86 bits per heavy atom. The van der Waals surface area contributed by atoms with Crippen LogP contribution in [-0.4, -0.2) is 66.5 Å². The molecule has 15 heteroatoms. The Bertz CT molecular complexity index is 1260. The van der Waals surface area contributed by atoms with Crippen LogP contribution in [0.4, 0.5) is 5.13 Å². The number of carboxylic acids is 1. The summed E-state index contributed by atoms with van der Waals surface area (Å²) in [7, 11) is 0. The molecule has 2 aliphatic rings. The van der Waals surface area contributed by atoms with E-state index in [0.717, 1.165) is 22.0 Å². The van der Waals surface area contributed by atoms with Crippen LogP contribution in [0.1, 0.15) is 11.4 Å². The van der Waals surface area contributed by atoms with Crippen LogP contribution in [0, 0.1) is 0 Å². The zero-order chi connectivity index (χ0) is 24.9. The van der Waals surface area contributed by atoms with Gasteiger partial charge in [-0.15, -0.1) is 11.8 Å². The summed E-state index contributed by atoms with van der Waals surface area (Å²) in [5.41, 5.74) is 6.27. The standard InChI is InChI=1S/C21H19N7O5S2.Na/c1-2-8-33-26-13(16-25-21(22)35-27-16)17(29)24-14-18(30)28-15(20(31)32)12(10-34-19(14)28)6-5-11-4-3-7-23-9-11;/h2-7,9,14,19H,1,8,10H2,(H,24,29)(H,31,32)(H2,22,25,27);/q;+1/p-1/t14?,19-;/m0./s1. The summed E-state index contributed by atoms with van der Waals surface area (Å²) < 4.78 is 3.96. The number of oxime groups is 1. The van der Waals surface area contributed by atoms with E-state index in [2.05, 4.69) is 31.4 Å². The van der Waals surface area contributed by atoms with Crippen LogP contribution in [0.15, 0.2) is 59.7 Å². The average Bonchev–Trinajstić information content (AvgIpc) is 3.29. The maximum atomic E-state index is 12.9. The molecule has 1 saturated heterocycles. The van der Waals surface area contributed by atoms with Gasteiger partial charge in [0.2, 0.25) is 11.5 Å². The first-order valence-electron chi connectivity index (χ1n) is 10.1. The number of carbonyl (C=O) groups excluding carboxylic acids is 3. The van der Waals surface area contributed by atoms with Gasteiger partial charge in [0.25, 0.3) is 11.8 Å². The van der Waals surface area contributed by atoms with Crippen molar-refractivity contribution in [3.05, 3.63) is 65.9 Å². The van der Waals surface area contributed by atoms with Crippen LogP contribution >= 0.6 is 23.3 Å². The molecule has 180 valence electrons. The molecule has 2 aromatic rings. The van der Waals surface area contributed by atoms with Crippen LogP contribution in [-0.2, 0) is 19.2 Å². The van der Waals surface area contributed by atoms with E-state index in [1.165, 1.54) is 17.8 Å². The first-order chi connectivity index (χ1) is 16.9. The second kappa shape index (κ2) is 12.3. The summed E-state index contributed by atoms with van der Waals surface area (Å²) in [6, 6.07) is 2.57. The number of hydrogen-bond acceptors (Lipinski definition) is 12. The van der Waals surface area contributed by atoms with Crippen molar-refractivity contribution in [2.45, 2.75) is 11.4 Å². The van der Waals surface area contributed by atoms with Crippen molar-refractivity contribution in [1.29, 1.82) is 0 Å². The van der Waals surface area contributed by atoms with Crippen molar-refractivity contribution >= 4 is 58.0 Å². The molecule has 0 spiro atoms. The number of thioether (sulfide) groups is 1. The molecule has 1 unspecified atom stereocenters. The molecule has 36 heavy (non-hydrogen) atoms. The number of anilines is 1. The van der Waals surface area contributed by atoms with Crippen LogP contribution in [0.25, 0.3) is 6.08 Å². The molecule has 2 atom stereocenters. The van der Waals surface area contributed by atoms with Crippen LogP contribution in [0.2, 0.25) is 0 Å². The number of carbonyl (C=O) groups is 3. The number of rotatable bonds is 9. The molecule has 3 N–H and O–H groups in total. The molecule has 4 heterocycles. The zero-order valence-electron chi connectivity index (χ0n) is 19.0. The first kappa shape index (κ1) is 27.5. The number of allylic oxidation sites excluding steroid dienone is 1. The number of hydrogen-bond donors (Lipinski definition) is 2. The molecular formula is C21H18N7NaO5S2. The van der Waals surface area contributed by atoms with Gasteiger partial charge in [0.05, 0.1) is 11.7 Å². The fraction of sp³-hybridized carbons (Fsp3) is 0.190. The predicted octanol–water partition coefficient (Wildman–Crippen LogP) is -3.46. The number of amides is 2. The maximum Gasteiger partial charge on any atom is 1.00 e. The van der Waals surface area contributed by atoms with E-state index in [1.807, 2.05) is 6.07 Å². The van der Waals surface area contributed by atoms with Gasteiger partial charge in [-0.25, -0.2) is 0 Å². The van der Waals surface area contributed by atoms with E-state index in [9.17, 15) is 19.5 Å². The third-order valence-corrected chi connectivity index (χ3v) is 6.70. The summed E-state index contributed by atoms with van der Waals surface area (Å²) in [5.74, 6) is -2.63. The quantitative estimate of drug-likeness (QED) is 0.0820. The number of nitrogens with one attached hydrogen (secondary N) is 1. The van der Waals surface area contributed by atoms with Crippen molar-refractivity contribution in [2.75, 3.05) is 18.1 Å². The van der Waals surface area contributed by atoms with E-state index in [0.29, 0.717) is 5.57 Å². The monoisotopic (exact) mass is 535 g/mol. The molecule has 12 nitrogen and oxygen atoms in total. The minimum Gasteiger partial charge on any atom is -0.543 e. The topological polar surface area (TPSA) is 176 Å². The molecule has 4 rings (SSSR count). The molecule has 0 aromatic carbocycles. The second-order valence-electron chi connectivity index (χ2n) is 7.12. The molecule has 2 aromatic heterocycles. The summed E-state index contributed by atoms with van der Waals surface area (Å²) in [6.07, 6.45) is 8.00. The number of carboxylic acid groups (broad SMARTS) is 1. The van der Waals surface area contributed by atoms with Gasteiger partial charge in [0.15, 0.2) is 5.13 Å². The number of aliphatic carboxylic acids is 1. The molecular weight excluding hydrogens is 517 g/mol. The molecule has 0 saturated carbocycles. The molecule has 2 aliphatic heterocycles. The van der Waals surface area contributed by atoms with Crippen LogP contribution < -0.4 is 45.7 Å². The normalized spacial score (nSPS) is 19.3. The van der Waals surface area contributed by atoms with E-state index in [4.69, 9.17) is 10.6 Å². The van der Waals surface area contributed by atoms with E-state index in [1.54, 1.807) is 30.6 Å². The van der Waals surface area contributed by atoms with Gasteiger partial charge in [-0.2, -0.15) is 9.36 Å². The largest absolute Gasteiger partial charge is 1.00 e. The van der Waals surface area contributed by atoms with E-state index in [-0.39, 0.29) is 64.3 Å². The molecule has 0 aliphatic carbocycles. The number of nitrogens with two attached hydrogens (primary N) is 1. The van der Waals surface area contributed by atoms with Gasteiger partial charge in [-0.1, -0.05) is 36.0 Å². The summed E-state index contributed by atoms with van der Waals surface area (Å²) in [4.78, 5) is 51.8. The third kappa shape index (κ3) is 5.84. The van der Waals surface area contributed by atoms with Gasteiger partial charge >= 0.3 is 29.6 Å². The fourth-order valence-electron chi connectivity index (χ4n) is 3.31. The van der Waals surface area contributed by atoms with E-state index < -0.39 is 29.2 Å². The van der Waals surface area contributed by atoms with Gasteiger partial charge in [0.1, 0.15) is 18.0 Å². The number of aromatic nitrogens is 3. The Morgan fingerprint density at radius 2 is 2.22 bits per heavy atom. The van der Waals surface area contributed by atoms with Crippen molar-refractivity contribution < 1.29 is 53.9 Å². The Kier molecular flexibility index (Phi) is 9.39. The van der Waals surface area contributed by atoms with E-state index >= 15 is 0 Å². The zero-order valence-corrected chi connectivity index (χ0v) is 22.6. The number of pyridine rings is 1. The average molecular weight is 536 g/mol. The molecule has 2 amide bonds. The Balaban J connectivity index is 0.00000361. The number of β-lactam (4-membered cyclic amide) rings is 1. The fourth-order valence-corrected chi connectivity index (χ4v) is 5.06. The van der Waals surface area contributed by atoms with Crippen molar-refractivity contribution in [3.8, 4) is 0 Å². The number of nitrogen functional groups attached to an aromatic ring is 1. The van der Waals surface area contributed by atoms with Crippen molar-refractivity contribution in [3.63, 3.8) is 0 Å². The predicted molar refractivity (Wildman–Crippen MR) is 127 cm³/mol. The second-order valence-corrected chi connectivity index (χ2v) is 9.01. The van der Waals surface area contributed by atoms with Crippen molar-refractivity contribution in [1.82, 2.24) is 24.6 Å². The van der Waals surface area contributed by atoms with Crippen molar-refractivity contribution in [2.24, 2.45) is 5.16 Å². The van der Waals surface area contributed by atoms with Crippen LogP contribution in [0.5, 0.6) is 0 Å². The molecule has 1 fully saturated rings. The SMILES string of the molecule is C=CCON=C(C(=O)NC1C(=O)N2C(C(=O)[O-])=C(C=Cc3cccnc3)CS[C@@H]12)c1nsc(N)n1.[Na+]. The maximum absolute atomic E-state index is 12.9. The molecule has 0 bridgehead atoms. The van der Waals surface area contributed by atoms with Gasteiger partial charge in [-0.3, -0.25) is 19.5 Å². The third-order valence-electron chi connectivity index (χ3n) is 4.86. The smallest absolute Gasteiger partial charge is 0.543 e. The minimum atomic E-state index is -1.48. The number of nitrogens with zero attached hydrogens (tertiary/aromatic N) is 5. The van der Waals surface area contributed by atoms with Gasteiger partial charge in [-0.05, 0) is 17.2 Å². The molecule has 0 radical (unpaired) electrons. The van der Waals surface area contributed by atoms with Gasteiger partial charge < -0.3 is 25.8 Å². The summed E-state index contributed by atoms with van der Waals surface area (Å²) >= 11 is 2.17.